The van der Waals surface area contributed by atoms with Crippen molar-refractivity contribution in [1.29, 1.82) is 0 Å². The van der Waals surface area contributed by atoms with Gasteiger partial charge in [-0.2, -0.15) is 0 Å². The van der Waals surface area contributed by atoms with Gasteiger partial charge in [0.15, 0.2) is 0 Å². The van der Waals surface area contributed by atoms with Crippen LogP contribution in [0.3, 0.4) is 0 Å². The van der Waals surface area contributed by atoms with Crippen LogP contribution in [0.5, 0.6) is 0 Å². The summed E-state index contributed by atoms with van der Waals surface area (Å²) in [6.07, 6.45) is -1.37. The van der Waals surface area contributed by atoms with Gasteiger partial charge in [0.05, 0.1) is 18.7 Å². The average molecular weight is 301 g/mol. The van der Waals surface area contributed by atoms with Crippen LogP contribution in [0.2, 0.25) is 0 Å². The smallest absolute Gasteiger partial charge is 0.448 e. The van der Waals surface area contributed by atoms with Crippen molar-refractivity contribution in [3.8, 4) is 11.3 Å². The van der Waals surface area contributed by atoms with Crippen molar-refractivity contribution in [2.45, 2.75) is 13.1 Å². The number of hydroxylamine groups is 2. The highest BCUT2D eigenvalue weighted by Gasteiger charge is 2.27. The minimum absolute atomic E-state index is 0.192. The maximum absolute atomic E-state index is 11.7. The Kier molecular flexibility index (Phi) is 3.56. The Morgan fingerprint density at radius 3 is 2.55 bits per heavy atom. The molecule has 0 saturated carbocycles. The summed E-state index contributed by atoms with van der Waals surface area (Å²) < 4.78 is 1.98. The van der Waals surface area contributed by atoms with E-state index in [4.69, 9.17) is 10.8 Å². The Bertz CT molecular complexity index is 724. The molecule has 0 aliphatic carbocycles. The molecule has 0 radical (unpaired) electrons. The molecule has 22 heavy (non-hydrogen) atoms. The molecule has 0 spiro atoms. The molecule has 3 rings (SSSR count). The molecule has 2 heterocycles. The SMILES string of the molecule is NC(=O)c1cc(-c2ccccc2)n2c1CN(OC(=O)O)CC2. The average Bonchev–Trinajstić information content (AvgIpc) is 2.86. The van der Waals surface area contributed by atoms with Crippen LogP contribution in [0.25, 0.3) is 11.3 Å². The summed E-state index contributed by atoms with van der Waals surface area (Å²) in [4.78, 5) is 27.0. The lowest BCUT2D eigenvalue weighted by molar-refractivity contribution is -0.135. The summed E-state index contributed by atoms with van der Waals surface area (Å²) in [6, 6.07) is 11.4. The Balaban J connectivity index is 2.03. The monoisotopic (exact) mass is 301 g/mol. The van der Waals surface area contributed by atoms with Gasteiger partial charge in [-0.25, -0.2) is 4.79 Å². The molecule has 1 aromatic carbocycles. The molecule has 3 N–H and O–H groups in total. The summed E-state index contributed by atoms with van der Waals surface area (Å²) in [7, 11) is 0. The van der Waals surface area contributed by atoms with E-state index in [0.29, 0.717) is 24.3 Å². The van der Waals surface area contributed by atoms with Crippen LogP contribution >= 0.6 is 0 Å². The van der Waals surface area contributed by atoms with Gasteiger partial charge in [-0.05, 0) is 11.6 Å². The quantitative estimate of drug-likeness (QED) is 0.898. The maximum atomic E-state index is 11.7. The molecule has 0 fully saturated rings. The van der Waals surface area contributed by atoms with E-state index in [1.54, 1.807) is 6.07 Å². The van der Waals surface area contributed by atoms with Gasteiger partial charge < -0.3 is 20.2 Å². The second kappa shape index (κ2) is 5.53. The van der Waals surface area contributed by atoms with Crippen molar-refractivity contribution in [2.75, 3.05) is 6.54 Å². The number of hydrogen-bond donors (Lipinski definition) is 2. The molecule has 7 heteroatoms. The summed E-state index contributed by atoms with van der Waals surface area (Å²) >= 11 is 0. The number of benzene rings is 1. The van der Waals surface area contributed by atoms with Crippen LogP contribution in [0.4, 0.5) is 4.79 Å². The number of amides is 1. The van der Waals surface area contributed by atoms with Gasteiger partial charge in [-0.3, -0.25) is 4.79 Å². The summed E-state index contributed by atoms with van der Waals surface area (Å²) in [5, 5.41) is 10.0. The fraction of sp³-hybridized carbons (Fsp3) is 0.200. The van der Waals surface area contributed by atoms with Crippen molar-refractivity contribution in [3.63, 3.8) is 0 Å². The molecule has 7 nitrogen and oxygen atoms in total. The Morgan fingerprint density at radius 1 is 1.18 bits per heavy atom. The van der Waals surface area contributed by atoms with E-state index < -0.39 is 12.1 Å². The minimum atomic E-state index is -1.37. The number of carboxylic acid groups (broad SMARTS) is 1. The first-order valence-electron chi connectivity index (χ1n) is 6.79. The van der Waals surface area contributed by atoms with Crippen molar-refractivity contribution >= 4 is 12.1 Å². The normalized spacial score (nSPS) is 14.4. The fourth-order valence-corrected chi connectivity index (χ4v) is 2.72. The van der Waals surface area contributed by atoms with Crippen LogP contribution in [-0.4, -0.2) is 33.3 Å². The van der Waals surface area contributed by atoms with Crippen LogP contribution in [0, 0.1) is 0 Å². The second-order valence-electron chi connectivity index (χ2n) is 4.99. The van der Waals surface area contributed by atoms with Crippen molar-refractivity contribution < 1.29 is 19.5 Å². The fourth-order valence-electron chi connectivity index (χ4n) is 2.72. The van der Waals surface area contributed by atoms with Gasteiger partial charge in [0, 0.05) is 17.9 Å². The predicted octanol–water partition coefficient (Wildman–Crippen LogP) is 1.68. The van der Waals surface area contributed by atoms with Gasteiger partial charge >= 0.3 is 6.16 Å². The number of primary amides is 1. The molecule has 0 bridgehead atoms. The molecule has 1 aromatic heterocycles. The van der Waals surface area contributed by atoms with Gasteiger partial charge in [0.25, 0.3) is 5.91 Å². The number of carbonyl (C=O) groups is 2. The number of fused-ring (bicyclic) bond motifs is 1. The van der Waals surface area contributed by atoms with E-state index >= 15 is 0 Å². The number of aromatic nitrogens is 1. The molecular formula is C15H15N3O4. The van der Waals surface area contributed by atoms with E-state index in [-0.39, 0.29) is 6.54 Å². The molecule has 0 saturated heterocycles. The Hall–Kier alpha value is -2.80. The van der Waals surface area contributed by atoms with Crippen LogP contribution in [0.1, 0.15) is 16.1 Å². The van der Waals surface area contributed by atoms with Crippen molar-refractivity contribution in [2.24, 2.45) is 5.73 Å². The third kappa shape index (κ3) is 2.53. The van der Waals surface area contributed by atoms with Crippen molar-refractivity contribution in [3.05, 3.63) is 47.7 Å². The standard InChI is InChI=1S/C15H15N3O4/c16-14(19)11-8-12(10-4-2-1-3-5-10)18-7-6-17(9-13(11)18)22-15(20)21/h1-5,8H,6-7,9H2,(H2,16,19)(H,20,21). The largest absolute Gasteiger partial charge is 0.525 e. The van der Waals surface area contributed by atoms with Crippen LogP contribution in [-0.2, 0) is 17.9 Å². The van der Waals surface area contributed by atoms with E-state index in [1.807, 2.05) is 34.9 Å². The van der Waals surface area contributed by atoms with E-state index in [2.05, 4.69) is 4.84 Å². The van der Waals surface area contributed by atoms with E-state index in [9.17, 15) is 9.59 Å². The minimum Gasteiger partial charge on any atom is -0.448 e. The maximum Gasteiger partial charge on any atom is 0.525 e. The molecule has 1 aliphatic rings. The zero-order valence-corrected chi connectivity index (χ0v) is 11.7. The van der Waals surface area contributed by atoms with Crippen LogP contribution in [0.15, 0.2) is 36.4 Å². The van der Waals surface area contributed by atoms with Gasteiger partial charge in [-0.1, -0.05) is 30.3 Å². The number of nitrogens with two attached hydrogens (primary N) is 1. The van der Waals surface area contributed by atoms with Gasteiger partial charge in [0.2, 0.25) is 0 Å². The van der Waals surface area contributed by atoms with Crippen LogP contribution < -0.4 is 5.73 Å². The molecule has 0 atom stereocenters. The summed E-state index contributed by atoms with van der Waals surface area (Å²) in [6.45, 7) is 1.11. The predicted molar refractivity (Wildman–Crippen MR) is 77.9 cm³/mol. The zero-order chi connectivity index (χ0) is 15.7. The third-order valence-electron chi connectivity index (χ3n) is 3.65. The molecule has 114 valence electrons. The molecular weight excluding hydrogens is 286 g/mol. The highest BCUT2D eigenvalue weighted by atomic mass is 16.8. The zero-order valence-electron chi connectivity index (χ0n) is 11.7. The molecule has 2 aromatic rings. The molecule has 1 amide bonds. The Morgan fingerprint density at radius 2 is 1.91 bits per heavy atom. The highest BCUT2D eigenvalue weighted by Crippen LogP contribution is 2.29. The second-order valence-corrected chi connectivity index (χ2v) is 4.99. The number of hydrogen-bond acceptors (Lipinski definition) is 4. The van der Waals surface area contributed by atoms with Gasteiger partial charge in [-0.15, -0.1) is 5.06 Å². The molecule has 1 aliphatic heterocycles. The van der Waals surface area contributed by atoms with E-state index in [0.717, 1.165) is 11.3 Å². The highest BCUT2D eigenvalue weighted by molar-refractivity contribution is 5.95. The Labute approximate surface area is 126 Å². The lowest BCUT2D eigenvalue weighted by atomic mass is 10.1. The first-order chi connectivity index (χ1) is 10.6. The topological polar surface area (TPSA) is 97.8 Å². The summed E-state index contributed by atoms with van der Waals surface area (Å²) in [5.74, 6) is -0.539. The number of nitrogens with zero attached hydrogens (tertiary/aromatic N) is 2. The lowest BCUT2D eigenvalue weighted by Crippen LogP contribution is -2.36. The first kappa shape index (κ1) is 14.2. The first-order valence-corrected chi connectivity index (χ1v) is 6.79. The van der Waals surface area contributed by atoms with E-state index in [1.165, 1.54) is 5.06 Å². The van der Waals surface area contributed by atoms with Crippen molar-refractivity contribution in [1.82, 2.24) is 9.63 Å². The lowest BCUT2D eigenvalue weighted by Gasteiger charge is -2.27. The third-order valence-corrected chi connectivity index (χ3v) is 3.65. The number of carbonyl (C=O) groups excluding carboxylic acids is 1. The number of rotatable bonds is 3. The summed E-state index contributed by atoms with van der Waals surface area (Å²) in [5.41, 5.74) is 8.36. The molecule has 0 unspecified atom stereocenters. The van der Waals surface area contributed by atoms with Gasteiger partial charge in [0.1, 0.15) is 0 Å².